The molecule has 0 bridgehead atoms. The second-order valence-corrected chi connectivity index (χ2v) is 7.45. The lowest BCUT2D eigenvalue weighted by molar-refractivity contribution is 0.102. The lowest BCUT2D eigenvalue weighted by atomic mass is 10.0. The molecule has 0 aliphatic carbocycles. The summed E-state index contributed by atoms with van der Waals surface area (Å²) >= 11 is 0. The van der Waals surface area contributed by atoms with E-state index in [1.165, 1.54) is 20.3 Å². The minimum Gasteiger partial charge on any atom is -0.506 e. The molecule has 0 aliphatic rings. The van der Waals surface area contributed by atoms with E-state index in [0.717, 1.165) is 0 Å². The zero-order chi connectivity index (χ0) is 20.9. The van der Waals surface area contributed by atoms with Gasteiger partial charge < -0.3 is 30.3 Å². The van der Waals surface area contributed by atoms with Gasteiger partial charge in [-0.05, 0) is 56.7 Å². The average Bonchev–Trinajstić information content (AvgIpc) is 2.66. The molecule has 2 aromatic carbocycles. The van der Waals surface area contributed by atoms with E-state index in [4.69, 9.17) is 9.47 Å². The molecule has 1 unspecified atom stereocenters. The number of benzene rings is 2. The van der Waals surface area contributed by atoms with E-state index in [2.05, 4.69) is 10.6 Å². The molecule has 7 heteroatoms. The molecule has 7 nitrogen and oxygen atoms in total. The highest BCUT2D eigenvalue weighted by molar-refractivity contribution is 6.05. The highest BCUT2D eigenvalue weighted by atomic mass is 16.5. The lowest BCUT2D eigenvalue weighted by Gasteiger charge is -2.23. The zero-order valence-electron chi connectivity index (χ0n) is 16.9. The Kier molecular flexibility index (Phi) is 6.88. The van der Waals surface area contributed by atoms with E-state index >= 15 is 0 Å². The predicted octanol–water partition coefficient (Wildman–Crippen LogP) is 3.08. The van der Waals surface area contributed by atoms with E-state index in [0.29, 0.717) is 29.2 Å². The Bertz CT molecular complexity index is 830. The van der Waals surface area contributed by atoms with Crippen molar-refractivity contribution in [2.75, 3.05) is 26.1 Å². The van der Waals surface area contributed by atoms with Crippen LogP contribution in [0.5, 0.6) is 17.2 Å². The Balaban J connectivity index is 2.18. The van der Waals surface area contributed by atoms with Gasteiger partial charge in [-0.3, -0.25) is 4.79 Å². The Morgan fingerprint density at radius 3 is 2.36 bits per heavy atom. The van der Waals surface area contributed by atoms with E-state index < -0.39 is 12.0 Å². The largest absolute Gasteiger partial charge is 0.506 e. The van der Waals surface area contributed by atoms with Crippen molar-refractivity contribution in [3.05, 3.63) is 47.5 Å². The van der Waals surface area contributed by atoms with E-state index in [9.17, 15) is 15.0 Å². The van der Waals surface area contributed by atoms with Crippen molar-refractivity contribution in [1.82, 2.24) is 5.32 Å². The van der Waals surface area contributed by atoms with Crippen LogP contribution in [0.4, 0.5) is 5.69 Å². The van der Waals surface area contributed by atoms with Crippen molar-refractivity contribution in [3.8, 4) is 17.2 Å². The number of amides is 1. The molecule has 1 amide bonds. The smallest absolute Gasteiger partial charge is 0.255 e. The van der Waals surface area contributed by atoms with Crippen molar-refractivity contribution in [2.24, 2.45) is 0 Å². The van der Waals surface area contributed by atoms with Gasteiger partial charge in [0.25, 0.3) is 5.91 Å². The van der Waals surface area contributed by atoms with Gasteiger partial charge in [-0.15, -0.1) is 0 Å². The van der Waals surface area contributed by atoms with E-state index in [-0.39, 0.29) is 17.0 Å². The number of aliphatic hydroxyl groups excluding tert-OH is 1. The van der Waals surface area contributed by atoms with Crippen molar-refractivity contribution in [2.45, 2.75) is 32.4 Å². The van der Waals surface area contributed by atoms with Crippen LogP contribution in [-0.4, -0.2) is 42.4 Å². The van der Waals surface area contributed by atoms with Crippen LogP contribution in [0.1, 0.15) is 42.8 Å². The van der Waals surface area contributed by atoms with Gasteiger partial charge in [0.05, 0.1) is 26.0 Å². The van der Waals surface area contributed by atoms with Crippen molar-refractivity contribution >= 4 is 11.6 Å². The first-order chi connectivity index (χ1) is 13.1. The van der Waals surface area contributed by atoms with Gasteiger partial charge in [0.1, 0.15) is 5.75 Å². The third-order valence-electron chi connectivity index (χ3n) is 4.13. The number of carbonyl (C=O) groups is 1. The van der Waals surface area contributed by atoms with Crippen LogP contribution < -0.4 is 20.1 Å². The molecular formula is C21H28N2O5. The molecule has 2 rings (SSSR count). The minimum atomic E-state index is -0.781. The standard InChI is InChI=1S/C21H28N2O5/c1-21(2,3)22-12-17(25)13-6-8-16(24)15(10-13)23-20(26)14-7-9-18(27-4)19(11-14)28-5/h6-11,17,22,24-25H,12H2,1-5H3,(H,23,26). The molecule has 0 radical (unpaired) electrons. The first-order valence-electron chi connectivity index (χ1n) is 8.94. The summed E-state index contributed by atoms with van der Waals surface area (Å²) in [4.78, 5) is 12.6. The Hall–Kier alpha value is -2.77. The topological polar surface area (TPSA) is 100 Å². The maximum absolute atomic E-state index is 12.6. The highest BCUT2D eigenvalue weighted by Gasteiger charge is 2.17. The van der Waals surface area contributed by atoms with Gasteiger partial charge in [-0.1, -0.05) is 6.07 Å². The molecule has 28 heavy (non-hydrogen) atoms. The third kappa shape index (κ3) is 5.61. The number of carbonyl (C=O) groups excluding carboxylic acids is 1. The number of anilines is 1. The number of hydrogen-bond donors (Lipinski definition) is 4. The molecule has 0 spiro atoms. The Morgan fingerprint density at radius 1 is 1.07 bits per heavy atom. The molecule has 1 atom stereocenters. The highest BCUT2D eigenvalue weighted by Crippen LogP contribution is 2.30. The van der Waals surface area contributed by atoms with Crippen LogP contribution in [0.2, 0.25) is 0 Å². The number of aliphatic hydroxyl groups is 1. The van der Waals surface area contributed by atoms with E-state index in [1.54, 1.807) is 30.3 Å². The van der Waals surface area contributed by atoms with Gasteiger partial charge >= 0.3 is 0 Å². The van der Waals surface area contributed by atoms with E-state index in [1.807, 2.05) is 20.8 Å². The maximum Gasteiger partial charge on any atom is 0.255 e. The number of aromatic hydroxyl groups is 1. The summed E-state index contributed by atoms with van der Waals surface area (Å²) in [7, 11) is 3.00. The molecule has 0 saturated carbocycles. The van der Waals surface area contributed by atoms with Crippen molar-refractivity contribution in [3.63, 3.8) is 0 Å². The number of ether oxygens (including phenoxy) is 2. The summed E-state index contributed by atoms with van der Waals surface area (Å²) in [6.45, 7) is 6.36. The first kappa shape index (κ1) is 21.5. The van der Waals surface area contributed by atoms with Crippen molar-refractivity contribution in [1.29, 1.82) is 0 Å². The lowest BCUT2D eigenvalue weighted by Crippen LogP contribution is -2.38. The number of phenols is 1. The second kappa shape index (κ2) is 8.95. The molecular weight excluding hydrogens is 360 g/mol. The number of hydrogen-bond acceptors (Lipinski definition) is 6. The van der Waals surface area contributed by atoms with Gasteiger partial charge in [-0.25, -0.2) is 0 Å². The summed E-state index contributed by atoms with van der Waals surface area (Å²) in [6, 6.07) is 9.40. The van der Waals surface area contributed by atoms with Crippen molar-refractivity contribution < 1.29 is 24.5 Å². The fourth-order valence-electron chi connectivity index (χ4n) is 2.55. The Labute approximate surface area is 165 Å². The summed E-state index contributed by atoms with van der Waals surface area (Å²) < 4.78 is 10.4. The number of methoxy groups -OCH3 is 2. The maximum atomic E-state index is 12.6. The molecule has 2 aromatic rings. The van der Waals surface area contributed by atoms with Crippen LogP contribution in [-0.2, 0) is 0 Å². The zero-order valence-corrected chi connectivity index (χ0v) is 16.9. The van der Waals surface area contributed by atoms with Crippen LogP contribution >= 0.6 is 0 Å². The molecule has 0 heterocycles. The monoisotopic (exact) mass is 388 g/mol. The van der Waals surface area contributed by atoms with Gasteiger partial charge in [0, 0.05) is 17.6 Å². The number of β-amino-alcohol motifs (C(OH)–C–C–N with tert-alkyl or cyclic N) is 1. The van der Waals surface area contributed by atoms with Gasteiger partial charge in [0.2, 0.25) is 0 Å². The first-order valence-corrected chi connectivity index (χ1v) is 8.94. The van der Waals surface area contributed by atoms with Gasteiger partial charge in [0.15, 0.2) is 11.5 Å². The molecule has 4 N–H and O–H groups in total. The van der Waals surface area contributed by atoms with Crippen LogP contribution in [0, 0.1) is 0 Å². The molecule has 0 aliphatic heterocycles. The SMILES string of the molecule is COc1ccc(C(=O)Nc2cc(C(O)CNC(C)(C)C)ccc2O)cc1OC. The summed E-state index contributed by atoms with van der Waals surface area (Å²) in [5, 5.41) is 26.4. The quantitative estimate of drug-likeness (QED) is 0.544. The van der Waals surface area contributed by atoms with Gasteiger partial charge in [-0.2, -0.15) is 0 Å². The predicted molar refractivity (Wildman–Crippen MR) is 108 cm³/mol. The molecule has 0 saturated heterocycles. The van der Waals surface area contributed by atoms with Crippen LogP contribution in [0.25, 0.3) is 0 Å². The average molecular weight is 388 g/mol. The normalized spacial score (nSPS) is 12.4. The van der Waals surface area contributed by atoms with Crippen LogP contribution in [0.3, 0.4) is 0 Å². The summed E-state index contributed by atoms with van der Waals surface area (Å²) in [5.41, 5.74) is 1.00. The fourth-order valence-corrected chi connectivity index (χ4v) is 2.55. The Morgan fingerprint density at radius 2 is 1.75 bits per heavy atom. The molecule has 152 valence electrons. The minimum absolute atomic E-state index is 0.0893. The number of nitrogens with one attached hydrogen (secondary N) is 2. The number of phenolic OH excluding ortho intramolecular Hbond substituents is 1. The fraction of sp³-hybridized carbons (Fsp3) is 0.381. The second-order valence-electron chi connectivity index (χ2n) is 7.45. The summed E-state index contributed by atoms with van der Waals surface area (Å²) in [6.07, 6.45) is -0.781. The number of rotatable bonds is 7. The molecule has 0 aromatic heterocycles. The third-order valence-corrected chi connectivity index (χ3v) is 4.13. The van der Waals surface area contributed by atoms with Crippen LogP contribution in [0.15, 0.2) is 36.4 Å². The summed E-state index contributed by atoms with van der Waals surface area (Å²) in [5.74, 6) is 0.430. The molecule has 0 fully saturated rings.